The van der Waals surface area contributed by atoms with E-state index in [1.54, 1.807) is 22.3 Å². The topological polar surface area (TPSA) is 68.5 Å². The first kappa shape index (κ1) is 10.8. The summed E-state index contributed by atoms with van der Waals surface area (Å²) in [5.74, 6) is 0. The fraction of sp³-hybridized carbons (Fsp3) is 0.0909. The number of hydrogen-bond acceptors (Lipinski definition) is 6. The zero-order valence-corrected chi connectivity index (χ0v) is 10.2. The maximum absolute atomic E-state index is 4.04. The van der Waals surface area contributed by atoms with Crippen molar-refractivity contribution < 1.29 is 0 Å². The molecule has 1 N–H and O–H groups in total. The Hall–Kier alpha value is -2.28. The van der Waals surface area contributed by atoms with Gasteiger partial charge in [0.2, 0.25) is 0 Å². The number of nitrogens with one attached hydrogen (secondary N) is 1. The Morgan fingerprint density at radius 2 is 2.33 bits per heavy atom. The van der Waals surface area contributed by atoms with Crippen LogP contribution in [0.1, 0.15) is 4.88 Å². The van der Waals surface area contributed by atoms with Gasteiger partial charge in [0.25, 0.3) is 0 Å². The molecule has 0 aliphatic rings. The molecule has 3 rings (SSSR count). The zero-order valence-electron chi connectivity index (χ0n) is 9.39. The van der Waals surface area contributed by atoms with Crippen LogP contribution in [0, 0.1) is 0 Å². The van der Waals surface area contributed by atoms with Crippen LogP contribution in [0.4, 0.5) is 5.69 Å². The van der Waals surface area contributed by atoms with Crippen molar-refractivity contribution in [1.29, 1.82) is 0 Å². The highest BCUT2D eigenvalue weighted by Gasteiger charge is 2.00. The lowest BCUT2D eigenvalue weighted by Gasteiger charge is -2.06. The van der Waals surface area contributed by atoms with E-state index in [2.05, 4.69) is 25.8 Å². The molecule has 0 atom stereocenters. The number of tetrazole rings is 1. The van der Waals surface area contributed by atoms with Gasteiger partial charge < -0.3 is 5.32 Å². The molecule has 7 heteroatoms. The molecule has 90 valence electrons. The van der Waals surface area contributed by atoms with E-state index >= 15 is 0 Å². The van der Waals surface area contributed by atoms with Crippen LogP contribution in [0.2, 0.25) is 0 Å². The highest BCUT2D eigenvalue weighted by atomic mass is 32.1. The minimum atomic E-state index is 0.768. The molecule has 0 unspecified atom stereocenters. The Morgan fingerprint density at radius 1 is 1.33 bits per heavy atom. The van der Waals surface area contributed by atoms with Gasteiger partial charge in [0.15, 0.2) is 0 Å². The third-order valence-electron chi connectivity index (χ3n) is 2.41. The summed E-state index contributed by atoms with van der Waals surface area (Å²) in [5.41, 5.74) is 3.78. The fourth-order valence-corrected chi connectivity index (χ4v) is 2.09. The summed E-state index contributed by atoms with van der Waals surface area (Å²) in [7, 11) is 0. The average Bonchev–Trinajstić information content (AvgIpc) is 3.10. The zero-order chi connectivity index (χ0) is 12.2. The quantitative estimate of drug-likeness (QED) is 0.772. The van der Waals surface area contributed by atoms with Crippen molar-refractivity contribution in [3.05, 3.63) is 47.2 Å². The Morgan fingerprint density at radius 3 is 3.11 bits per heavy atom. The maximum Gasteiger partial charge on any atom is 0.143 e. The van der Waals surface area contributed by atoms with Crippen LogP contribution in [-0.4, -0.2) is 25.2 Å². The molecule has 0 saturated heterocycles. The third kappa shape index (κ3) is 2.35. The minimum Gasteiger partial charge on any atom is -0.380 e. The van der Waals surface area contributed by atoms with Crippen molar-refractivity contribution in [3.8, 4) is 5.69 Å². The van der Waals surface area contributed by atoms with E-state index in [1.165, 1.54) is 4.88 Å². The maximum atomic E-state index is 4.04. The minimum absolute atomic E-state index is 0.768. The number of anilines is 1. The number of hydrogen-bond donors (Lipinski definition) is 1. The van der Waals surface area contributed by atoms with E-state index in [9.17, 15) is 0 Å². The third-order valence-corrected chi connectivity index (χ3v) is 3.19. The lowest BCUT2D eigenvalue weighted by molar-refractivity contribution is 0.789. The van der Waals surface area contributed by atoms with Gasteiger partial charge in [-0.05, 0) is 28.6 Å². The van der Waals surface area contributed by atoms with Crippen molar-refractivity contribution in [3.63, 3.8) is 0 Å². The van der Waals surface area contributed by atoms with E-state index in [0.717, 1.165) is 17.9 Å². The highest BCUT2D eigenvalue weighted by Crippen LogP contribution is 2.15. The van der Waals surface area contributed by atoms with Crippen LogP contribution >= 0.6 is 11.3 Å². The van der Waals surface area contributed by atoms with E-state index in [4.69, 9.17) is 0 Å². The molecule has 2 heterocycles. The second-order valence-electron chi connectivity index (χ2n) is 3.63. The molecule has 0 bridgehead atoms. The predicted octanol–water partition coefficient (Wildman–Crippen LogP) is 1.73. The van der Waals surface area contributed by atoms with Crippen LogP contribution in [0.25, 0.3) is 5.69 Å². The smallest absolute Gasteiger partial charge is 0.143 e. The molecule has 0 spiro atoms. The summed E-state index contributed by atoms with van der Waals surface area (Å²) in [6.07, 6.45) is 3.44. The molecule has 0 fully saturated rings. The number of thiazole rings is 1. The Kier molecular flexibility index (Phi) is 2.97. The monoisotopic (exact) mass is 258 g/mol. The summed E-state index contributed by atoms with van der Waals surface area (Å²) < 4.78 is 1.62. The molecule has 1 aromatic carbocycles. The second-order valence-corrected chi connectivity index (χ2v) is 4.60. The predicted molar refractivity (Wildman–Crippen MR) is 68.6 cm³/mol. The van der Waals surface area contributed by atoms with Gasteiger partial charge in [0, 0.05) is 16.8 Å². The lowest BCUT2D eigenvalue weighted by atomic mass is 10.3. The van der Waals surface area contributed by atoms with Crippen LogP contribution in [0.5, 0.6) is 0 Å². The van der Waals surface area contributed by atoms with Crippen molar-refractivity contribution in [2.45, 2.75) is 6.54 Å². The van der Waals surface area contributed by atoms with E-state index in [0.29, 0.717) is 0 Å². The summed E-state index contributed by atoms with van der Waals surface area (Å²) in [4.78, 5) is 5.24. The Bertz CT molecular complexity index is 604. The Labute approximate surface area is 107 Å². The van der Waals surface area contributed by atoms with Crippen LogP contribution in [0.3, 0.4) is 0 Å². The normalized spacial score (nSPS) is 10.4. The first-order valence-corrected chi connectivity index (χ1v) is 6.24. The van der Waals surface area contributed by atoms with Crippen LogP contribution < -0.4 is 5.32 Å². The summed E-state index contributed by atoms with van der Waals surface area (Å²) >= 11 is 1.63. The molecule has 3 aromatic rings. The standard InChI is InChI=1S/C11H10N6S/c1-2-9(13-6-11-5-12-8-18-11)4-10(3-1)17-7-14-15-16-17/h1-5,7-8,13H,6H2. The van der Waals surface area contributed by atoms with Crippen molar-refractivity contribution in [2.24, 2.45) is 0 Å². The van der Waals surface area contributed by atoms with Crippen LogP contribution in [0.15, 0.2) is 42.3 Å². The number of nitrogens with zero attached hydrogens (tertiary/aromatic N) is 5. The largest absolute Gasteiger partial charge is 0.380 e. The molecule has 0 saturated carbocycles. The number of benzene rings is 1. The molecular formula is C11H10N6S. The van der Waals surface area contributed by atoms with Gasteiger partial charge in [-0.25, -0.2) is 4.68 Å². The van der Waals surface area contributed by atoms with Gasteiger partial charge in [0.05, 0.1) is 17.7 Å². The van der Waals surface area contributed by atoms with Crippen molar-refractivity contribution in [1.82, 2.24) is 25.2 Å². The SMILES string of the molecule is c1cc(NCc2cncs2)cc(-n2cnnn2)c1. The highest BCUT2D eigenvalue weighted by molar-refractivity contribution is 7.09. The molecule has 0 amide bonds. The van der Waals surface area contributed by atoms with E-state index in [-0.39, 0.29) is 0 Å². The van der Waals surface area contributed by atoms with Gasteiger partial charge in [-0.1, -0.05) is 6.07 Å². The first-order valence-electron chi connectivity index (χ1n) is 5.36. The van der Waals surface area contributed by atoms with Crippen LogP contribution in [-0.2, 0) is 6.54 Å². The van der Waals surface area contributed by atoms with Gasteiger partial charge in [-0.3, -0.25) is 4.98 Å². The Balaban J connectivity index is 1.75. The van der Waals surface area contributed by atoms with Gasteiger partial charge in [0.1, 0.15) is 6.33 Å². The fourth-order valence-electron chi connectivity index (χ4n) is 1.56. The number of rotatable bonds is 4. The summed E-state index contributed by atoms with van der Waals surface area (Å²) in [6.45, 7) is 0.768. The van der Waals surface area contributed by atoms with Gasteiger partial charge in [-0.15, -0.1) is 16.4 Å². The lowest BCUT2D eigenvalue weighted by Crippen LogP contribution is -2.00. The van der Waals surface area contributed by atoms with E-state index < -0.39 is 0 Å². The van der Waals surface area contributed by atoms with Gasteiger partial charge in [-0.2, -0.15) is 0 Å². The van der Waals surface area contributed by atoms with Gasteiger partial charge >= 0.3 is 0 Å². The molecule has 0 radical (unpaired) electrons. The molecular weight excluding hydrogens is 248 g/mol. The second kappa shape index (κ2) is 4.92. The van der Waals surface area contributed by atoms with E-state index in [1.807, 2.05) is 36.0 Å². The molecule has 18 heavy (non-hydrogen) atoms. The first-order chi connectivity index (χ1) is 8.92. The van der Waals surface area contributed by atoms with Crippen molar-refractivity contribution in [2.75, 3.05) is 5.32 Å². The average molecular weight is 258 g/mol. The summed E-state index contributed by atoms with van der Waals surface area (Å²) in [5, 5.41) is 14.4. The molecule has 6 nitrogen and oxygen atoms in total. The summed E-state index contributed by atoms with van der Waals surface area (Å²) in [6, 6.07) is 7.92. The molecule has 0 aliphatic heterocycles. The van der Waals surface area contributed by atoms with Crippen molar-refractivity contribution >= 4 is 17.0 Å². The molecule has 0 aliphatic carbocycles. The molecule has 2 aromatic heterocycles. The number of aromatic nitrogens is 5.